The molecule has 0 aromatic carbocycles. The average molecular weight is 210 g/mol. The van der Waals surface area contributed by atoms with E-state index in [2.05, 4.69) is 12.2 Å². The van der Waals surface area contributed by atoms with E-state index in [1.807, 2.05) is 4.90 Å². The molecule has 1 atom stereocenters. The summed E-state index contributed by atoms with van der Waals surface area (Å²) in [5.74, 6) is 0.538. The van der Waals surface area contributed by atoms with Crippen molar-refractivity contribution < 1.29 is 9.59 Å². The number of nitrogens with one attached hydrogen (secondary N) is 1. The first-order valence-electron chi connectivity index (χ1n) is 5.75. The Hall–Kier alpha value is -0.900. The number of nitrogens with zero attached hydrogens (tertiary/aromatic N) is 1. The molecule has 4 nitrogen and oxygen atoms in total. The molecule has 2 amide bonds. The van der Waals surface area contributed by atoms with E-state index in [-0.39, 0.29) is 11.8 Å². The first-order valence-corrected chi connectivity index (χ1v) is 5.75. The molecule has 2 fully saturated rings. The Morgan fingerprint density at radius 3 is 2.40 bits per heavy atom. The minimum atomic E-state index is -0.152. The zero-order chi connectivity index (χ0) is 10.8. The van der Waals surface area contributed by atoms with Crippen molar-refractivity contribution in [3.05, 3.63) is 0 Å². The topological polar surface area (TPSA) is 49.4 Å². The van der Waals surface area contributed by atoms with Gasteiger partial charge in [-0.05, 0) is 18.8 Å². The lowest BCUT2D eigenvalue weighted by molar-refractivity contribution is -0.137. The summed E-state index contributed by atoms with van der Waals surface area (Å²) in [7, 11) is 0. The Morgan fingerprint density at radius 1 is 1.33 bits per heavy atom. The summed E-state index contributed by atoms with van der Waals surface area (Å²) in [5.41, 5.74) is 0. The largest absolute Gasteiger partial charge is 0.294 e. The molecule has 0 radical (unpaired) electrons. The van der Waals surface area contributed by atoms with Crippen LogP contribution in [0.1, 0.15) is 32.6 Å². The van der Waals surface area contributed by atoms with Crippen LogP contribution in [0.4, 0.5) is 0 Å². The van der Waals surface area contributed by atoms with Gasteiger partial charge in [-0.2, -0.15) is 0 Å². The van der Waals surface area contributed by atoms with Crippen LogP contribution in [-0.2, 0) is 9.59 Å². The van der Waals surface area contributed by atoms with Gasteiger partial charge in [-0.15, -0.1) is 0 Å². The highest BCUT2D eigenvalue weighted by Gasteiger charge is 2.31. The second-order valence-corrected chi connectivity index (χ2v) is 4.62. The van der Waals surface area contributed by atoms with Gasteiger partial charge in [0.05, 0.1) is 13.1 Å². The summed E-state index contributed by atoms with van der Waals surface area (Å²) in [5, 5.41) is 2.34. The molecule has 2 aliphatic rings. The van der Waals surface area contributed by atoms with Crippen molar-refractivity contribution in [1.29, 1.82) is 0 Å². The molecular formula is C11H18N2O2. The molecule has 1 aliphatic carbocycles. The number of amides is 2. The van der Waals surface area contributed by atoms with E-state index in [0.29, 0.717) is 19.1 Å². The van der Waals surface area contributed by atoms with Crippen LogP contribution in [0.3, 0.4) is 0 Å². The minimum absolute atomic E-state index is 0.152. The Labute approximate surface area is 90.0 Å². The molecule has 1 unspecified atom stereocenters. The van der Waals surface area contributed by atoms with Gasteiger partial charge in [-0.25, -0.2) is 0 Å². The number of imide groups is 1. The van der Waals surface area contributed by atoms with Gasteiger partial charge in [0.15, 0.2) is 0 Å². The molecule has 84 valence electrons. The summed E-state index contributed by atoms with van der Waals surface area (Å²) in [4.78, 5) is 24.5. The molecule has 0 bridgehead atoms. The Morgan fingerprint density at radius 2 is 1.93 bits per heavy atom. The van der Waals surface area contributed by atoms with Crippen molar-refractivity contribution >= 4 is 11.8 Å². The number of hydrogen-bond donors (Lipinski definition) is 1. The molecule has 4 heteroatoms. The number of piperazine rings is 1. The smallest absolute Gasteiger partial charge is 0.240 e. The van der Waals surface area contributed by atoms with Gasteiger partial charge in [-0.1, -0.05) is 19.8 Å². The zero-order valence-electron chi connectivity index (χ0n) is 9.16. The highest BCUT2D eigenvalue weighted by atomic mass is 16.2. The van der Waals surface area contributed by atoms with Gasteiger partial charge >= 0.3 is 0 Å². The third-order valence-electron chi connectivity index (χ3n) is 3.26. The van der Waals surface area contributed by atoms with Crippen molar-refractivity contribution in [2.75, 3.05) is 13.1 Å². The van der Waals surface area contributed by atoms with E-state index in [0.717, 1.165) is 18.8 Å². The van der Waals surface area contributed by atoms with Gasteiger partial charge in [0.2, 0.25) is 11.8 Å². The maximum Gasteiger partial charge on any atom is 0.240 e. The summed E-state index contributed by atoms with van der Waals surface area (Å²) in [6.45, 7) is 2.90. The fraction of sp³-hybridized carbons (Fsp3) is 0.818. The summed E-state index contributed by atoms with van der Waals surface area (Å²) >= 11 is 0. The number of carbonyl (C=O) groups is 2. The zero-order valence-corrected chi connectivity index (χ0v) is 9.16. The van der Waals surface area contributed by atoms with Crippen LogP contribution >= 0.6 is 0 Å². The maximum absolute atomic E-state index is 11.2. The first-order chi connectivity index (χ1) is 7.19. The normalized spacial score (nSPS) is 25.1. The van der Waals surface area contributed by atoms with E-state index < -0.39 is 0 Å². The van der Waals surface area contributed by atoms with E-state index in [1.165, 1.54) is 12.8 Å². The van der Waals surface area contributed by atoms with E-state index in [9.17, 15) is 9.59 Å². The molecule has 1 saturated heterocycles. The van der Waals surface area contributed by atoms with Crippen LogP contribution in [0.25, 0.3) is 0 Å². The minimum Gasteiger partial charge on any atom is -0.294 e. The highest BCUT2D eigenvalue weighted by molar-refractivity contribution is 5.99. The van der Waals surface area contributed by atoms with Gasteiger partial charge in [0, 0.05) is 6.04 Å². The molecule has 15 heavy (non-hydrogen) atoms. The van der Waals surface area contributed by atoms with Crippen molar-refractivity contribution in [2.24, 2.45) is 5.92 Å². The third kappa shape index (κ3) is 2.78. The van der Waals surface area contributed by atoms with Gasteiger partial charge in [-0.3, -0.25) is 19.8 Å². The second-order valence-electron chi connectivity index (χ2n) is 4.62. The highest BCUT2D eigenvalue weighted by Crippen LogP contribution is 2.35. The molecule has 2 rings (SSSR count). The molecule has 0 aromatic rings. The quantitative estimate of drug-likeness (QED) is 0.688. The lowest BCUT2D eigenvalue weighted by atomic mass is 10.1. The molecule has 1 aliphatic heterocycles. The van der Waals surface area contributed by atoms with Crippen LogP contribution in [0, 0.1) is 5.92 Å². The summed E-state index contributed by atoms with van der Waals surface area (Å²) in [6.07, 6.45) is 4.82. The number of hydrogen-bond acceptors (Lipinski definition) is 3. The van der Waals surface area contributed by atoms with Crippen molar-refractivity contribution in [2.45, 2.75) is 38.6 Å². The third-order valence-corrected chi connectivity index (χ3v) is 3.26. The monoisotopic (exact) mass is 210 g/mol. The standard InChI is InChI=1S/C11H18N2O2/c1-2-9(5-8-3-4-8)13-6-10(14)12-11(15)7-13/h8-9H,2-7H2,1H3,(H,12,14,15). The molecule has 0 spiro atoms. The molecule has 1 heterocycles. The fourth-order valence-corrected chi connectivity index (χ4v) is 2.23. The Balaban J connectivity index is 1.93. The van der Waals surface area contributed by atoms with Crippen LogP contribution < -0.4 is 5.32 Å². The van der Waals surface area contributed by atoms with Crippen LogP contribution in [0.15, 0.2) is 0 Å². The van der Waals surface area contributed by atoms with Crippen LogP contribution in [0.5, 0.6) is 0 Å². The van der Waals surface area contributed by atoms with E-state index in [1.54, 1.807) is 0 Å². The number of rotatable bonds is 4. The Bertz CT molecular complexity index is 258. The predicted octanol–water partition coefficient (Wildman–Crippen LogP) is 0.523. The van der Waals surface area contributed by atoms with E-state index in [4.69, 9.17) is 0 Å². The lowest BCUT2D eigenvalue weighted by Crippen LogP contribution is -2.54. The van der Waals surface area contributed by atoms with Crippen molar-refractivity contribution in [1.82, 2.24) is 10.2 Å². The lowest BCUT2D eigenvalue weighted by Gasteiger charge is -2.32. The average Bonchev–Trinajstić information content (AvgIpc) is 2.96. The van der Waals surface area contributed by atoms with Crippen molar-refractivity contribution in [3.63, 3.8) is 0 Å². The van der Waals surface area contributed by atoms with Gasteiger partial charge < -0.3 is 0 Å². The number of carbonyl (C=O) groups excluding carboxylic acids is 2. The first kappa shape index (κ1) is 10.6. The maximum atomic E-state index is 11.2. The molecule has 0 aromatic heterocycles. The van der Waals surface area contributed by atoms with E-state index >= 15 is 0 Å². The van der Waals surface area contributed by atoms with Gasteiger partial charge in [0.25, 0.3) is 0 Å². The Kier molecular flexibility index (Phi) is 3.05. The molecular weight excluding hydrogens is 192 g/mol. The molecule has 1 saturated carbocycles. The second kappa shape index (κ2) is 4.31. The SMILES string of the molecule is CCC(CC1CC1)N1CC(=O)NC(=O)C1. The summed E-state index contributed by atoms with van der Waals surface area (Å²) < 4.78 is 0. The van der Waals surface area contributed by atoms with Crippen molar-refractivity contribution in [3.8, 4) is 0 Å². The molecule has 1 N–H and O–H groups in total. The predicted molar refractivity (Wildman–Crippen MR) is 56.1 cm³/mol. The fourth-order valence-electron chi connectivity index (χ4n) is 2.23. The van der Waals surface area contributed by atoms with Crippen LogP contribution in [0.2, 0.25) is 0 Å². The van der Waals surface area contributed by atoms with Crippen LogP contribution in [-0.4, -0.2) is 35.8 Å². The summed E-state index contributed by atoms with van der Waals surface area (Å²) in [6, 6.07) is 0.410. The van der Waals surface area contributed by atoms with Gasteiger partial charge in [0.1, 0.15) is 0 Å².